The van der Waals surface area contributed by atoms with Gasteiger partial charge in [0.15, 0.2) is 0 Å². The van der Waals surface area contributed by atoms with E-state index in [1.807, 2.05) is 0 Å². The first-order chi connectivity index (χ1) is 6.76. The Hall–Kier alpha value is -0.330. The van der Waals surface area contributed by atoms with E-state index in [1.54, 1.807) is 6.92 Å². The number of hydrogen-bond acceptors (Lipinski definition) is 3. The molecule has 0 radical (unpaired) electrons. The summed E-state index contributed by atoms with van der Waals surface area (Å²) in [5.74, 6) is 0. The third-order valence-corrected chi connectivity index (χ3v) is 2.74. The normalized spacial score (nSPS) is 30.8. The van der Waals surface area contributed by atoms with Gasteiger partial charge in [-0.25, -0.2) is 0 Å². The molecule has 2 atom stereocenters. The lowest BCUT2D eigenvalue weighted by atomic mass is 10.1. The lowest BCUT2D eigenvalue weighted by Gasteiger charge is -2.30. The fourth-order valence-electron chi connectivity index (χ4n) is 1.96. The van der Waals surface area contributed by atoms with Crippen molar-refractivity contribution in [3.63, 3.8) is 0 Å². The summed E-state index contributed by atoms with van der Waals surface area (Å²) in [5, 5.41) is 9.61. The van der Waals surface area contributed by atoms with E-state index in [0.717, 1.165) is 0 Å². The molecule has 1 heterocycles. The van der Waals surface area contributed by atoms with Crippen LogP contribution in [0.15, 0.2) is 0 Å². The molecule has 0 spiro atoms. The van der Waals surface area contributed by atoms with Crippen LogP contribution in [0.2, 0.25) is 0 Å². The van der Waals surface area contributed by atoms with Crippen LogP contribution in [-0.4, -0.2) is 47.5 Å². The Kier molecular flexibility index (Phi) is 3.63. The second-order valence-corrected chi connectivity index (χ2v) is 4.35. The quantitative estimate of drug-likeness (QED) is 0.745. The zero-order chi connectivity index (χ0) is 11.7. The molecule has 2 unspecified atom stereocenters. The minimum Gasteiger partial charge on any atom is -0.389 e. The Morgan fingerprint density at radius 1 is 1.53 bits per heavy atom. The lowest BCUT2D eigenvalue weighted by molar-refractivity contribution is -0.183. The van der Waals surface area contributed by atoms with Crippen molar-refractivity contribution in [2.45, 2.75) is 37.6 Å². The van der Waals surface area contributed by atoms with Crippen molar-refractivity contribution in [3.8, 4) is 0 Å². The van der Waals surface area contributed by atoms with Crippen molar-refractivity contribution < 1.29 is 18.3 Å². The Balaban J connectivity index is 2.66. The molecule has 0 aromatic heterocycles. The van der Waals surface area contributed by atoms with E-state index in [4.69, 9.17) is 5.73 Å². The van der Waals surface area contributed by atoms with Gasteiger partial charge in [-0.05, 0) is 26.3 Å². The highest BCUT2D eigenvalue weighted by molar-refractivity contribution is 4.91. The first-order valence-corrected chi connectivity index (χ1v) is 4.99. The van der Waals surface area contributed by atoms with Crippen molar-refractivity contribution in [1.29, 1.82) is 0 Å². The molecule has 15 heavy (non-hydrogen) atoms. The van der Waals surface area contributed by atoms with Crippen LogP contribution in [0.4, 0.5) is 13.2 Å². The molecule has 1 saturated heterocycles. The SMILES string of the molecule is CC1(O)CCN(C(CCN)C(F)(F)F)C1. The summed E-state index contributed by atoms with van der Waals surface area (Å²) in [6.07, 6.45) is -4.00. The van der Waals surface area contributed by atoms with Gasteiger partial charge < -0.3 is 10.8 Å². The number of rotatable bonds is 3. The third-order valence-electron chi connectivity index (χ3n) is 2.74. The number of alkyl halides is 3. The van der Waals surface area contributed by atoms with E-state index >= 15 is 0 Å². The standard InChI is InChI=1S/C9H17F3N2O/c1-8(15)3-5-14(6-8)7(2-4-13)9(10,11)12/h7,15H,2-6,13H2,1H3. The van der Waals surface area contributed by atoms with Crippen LogP contribution in [-0.2, 0) is 0 Å². The van der Waals surface area contributed by atoms with Crippen LogP contribution in [0, 0.1) is 0 Å². The first-order valence-electron chi connectivity index (χ1n) is 4.99. The maximum Gasteiger partial charge on any atom is 0.404 e. The number of nitrogens with zero attached hydrogens (tertiary/aromatic N) is 1. The highest BCUT2D eigenvalue weighted by Crippen LogP contribution is 2.32. The maximum absolute atomic E-state index is 12.6. The largest absolute Gasteiger partial charge is 0.404 e. The predicted molar refractivity (Wildman–Crippen MR) is 50.3 cm³/mol. The van der Waals surface area contributed by atoms with Gasteiger partial charge in [-0.15, -0.1) is 0 Å². The molecule has 0 bridgehead atoms. The highest BCUT2D eigenvalue weighted by atomic mass is 19.4. The van der Waals surface area contributed by atoms with Crippen molar-refractivity contribution in [2.75, 3.05) is 19.6 Å². The second kappa shape index (κ2) is 4.27. The molecule has 0 saturated carbocycles. The summed E-state index contributed by atoms with van der Waals surface area (Å²) >= 11 is 0. The Bertz CT molecular complexity index is 218. The topological polar surface area (TPSA) is 49.5 Å². The summed E-state index contributed by atoms with van der Waals surface area (Å²) in [6.45, 7) is 1.90. The zero-order valence-corrected chi connectivity index (χ0v) is 8.72. The summed E-state index contributed by atoms with van der Waals surface area (Å²) in [6, 6.07) is -1.52. The molecular formula is C9H17F3N2O. The molecule has 0 aliphatic carbocycles. The van der Waals surface area contributed by atoms with E-state index in [-0.39, 0.29) is 26.1 Å². The molecule has 1 aliphatic rings. The molecule has 1 fully saturated rings. The second-order valence-electron chi connectivity index (χ2n) is 4.35. The summed E-state index contributed by atoms with van der Waals surface area (Å²) in [4.78, 5) is 1.27. The Labute approximate surface area is 87.0 Å². The van der Waals surface area contributed by atoms with Gasteiger partial charge in [-0.3, -0.25) is 4.90 Å². The van der Waals surface area contributed by atoms with Crippen LogP contribution < -0.4 is 5.73 Å². The fourth-order valence-corrected chi connectivity index (χ4v) is 1.96. The van der Waals surface area contributed by atoms with Crippen molar-refractivity contribution in [2.24, 2.45) is 5.73 Å². The Morgan fingerprint density at radius 3 is 2.47 bits per heavy atom. The van der Waals surface area contributed by atoms with Gasteiger partial charge in [-0.2, -0.15) is 13.2 Å². The molecule has 1 rings (SSSR count). The van der Waals surface area contributed by atoms with E-state index in [0.29, 0.717) is 6.42 Å². The first kappa shape index (κ1) is 12.7. The van der Waals surface area contributed by atoms with Crippen molar-refractivity contribution >= 4 is 0 Å². The molecule has 0 aromatic rings. The average molecular weight is 226 g/mol. The van der Waals surface area contributed by atoms with Gasteiger partial charge in [0, 0.05) is 13.1 Å². The molecule has 0 aromatic carbocycles. The number of β-amino-alcohol motifs (C(OH)–C–C–N with tert-alkyl or cyclic N) is 1. The smallest absolute Gasteiger partial charge is 0.389 e. The fraction of sp³-hybridized carbons (Fsp3) is 1.00. The molecule has 6 heteroatoms. The van der Waals surface area contributed by atoms with Gasteiger partial charge in [0.25, 0.3) is 0 Å². The van der Waals surface area contributed by atoms with E-state index in [1.165, 1.54) is 4.90 Å². The maximum atomic E-state index is 12.6. The molecule has 90 valence electrons. The van der Waals surface area contributed by atoms with E-state index < -0.39 is 17.8 Å². The van der Waals surface area contributed by atoms with Gasteiger partial charge in [0.05, 0.1) is 5.60 Å². The number of aliphatic hydroxyl groups is 1. The molecule has 3 N–H and O–H groups in total. The van der Waals surface area contributed by atoms with Crippen LogP contribution >= 0.6 is 0 Å². The minimum absolute atomic E-state index is 0.00280. The summed E-state index contributed by atoms with van der Waals surface area (Å²) in [5.41, 5.74) is 4.17. The number of hydrogen-bond donors (Lipinski definition) is 2. The van der Waals surface area contributed by atoms with E-state index in [9.17, 15) is 18.3 Å². The number of halogens is 3. The molecular weight excluding hydrogens is 209 g/mol. The molecule has 0 amide bonds. The van der Waals surface area contributed by atoms with Gasteiger partial charge in [-0.1, -0.05) is 0 Å². The van der Waals surface area contributed by atoms with Crippen LogP contribution in [0.5, 0.6) is 0 Å². The third kappa shape index (κ3) is 3.32. The minimum atomic E-state index is -4.26. The average Bonchev–Trinajstić information content (AvgIpc) is 2.39. The van der Waals surface area contributed by atoms with E-state index in [2.05, 4.69) is 0 Å². The van der Waals surface area contributed by atoms with Crippen LogP contribution in [0.3, 0.4) is 0 Å². The zero-order valence-electron chi connectivity index (χ0n) is 8.72. The monoisotopic (exact) mass is 226 g/mol. The van der Waals surface area contributed by atoms with Crippen molar-refractivity contribution in [1.82, 2.24) is 4.90 Å². The Morgan fingerprint density at radius 2 is 2.13 bits per heavy atom. The van der Waals surface area contributed by atoms with Crippen LogP contribution in [0.25, 0.3) is 0 Å². The summed E-state index contributed by atoms with van der Waals surface area (Å²) < 4.78 is 37.9. The lowest BCUT2D eigenvalue weighted by Crippen LogP contribution is -2.47. The molecule has 3 nitrogen and oxygen atoms in total. The molecule has 1 aliphatic heterocycles. The van der Waals surface area contributed by atoms with Gasteiger partial charge in [0.1, 0.15) is 6.04 Å². The van der Waals surface area contributed by atoms with Gasteiger partial charge >= 0.3 is 6.18 Å². The summed E-state index contributed by atoms with van der Waals surface area (Å²) in [7, 11) is 0. The highest BCUT2D eigenvalue weighted by Gasteiger charge is 2.46. The number of likely N-dealkylation sites (tertiary alicyclic amines) is 1. The predicted octanol–water partition coefficient (Wildman–Crippen LogP) is 0.723. The van der Waals surface area contributed by atoms with Gasteiger partial charge in [0.2, 0.25) is 0 Å². The van der Waals surface area contributed by atoms with Crippen molar-refractivity contribution in [3.05, 3.63) is 0 Å². The number of nitrogens with two attached hydrogens (primary N) is 1. The van der Waals surface area contributed by atoms with Crippen LogP contribution in [0.1, 0.15) is 19.8 Å².